The van der Waals surface area contributed by atoms with Crippen molar-refractivity contribution in [1.29, 1.82) is 0 Å². The molecule has 6 heteroatoms. The molecule has 0 bridgehead atoms. The van der Waals surface area contributed by atoms with Crippen LogP contribution in [0, 0.1) is 6.92 Å². The summed E-state index contributed by atoms with van der Waals surface area (Å²) in [4.78, 5) is 8.53. The van der Waals surface area contributed by atoms with Crippen molar-refractivity contribution in [1.82, 2.24) is 19.6 Å². The molecule has 1 aromatic carbocycles. The number of aromatic nitrogens is 4. The van der Waals surface area contributed by atoms with Crippen LogP contribution in [0.4, 0.5) is 5.95 Å². The molecule has 0 radical (unpaired) electrons. The van der Waals surface area contributed by atoms with E-state index in [1.807, 2.05) is 43.5 Å². The molecular formula is C13H13N5S. The van der Waals surface area contributed by atoms with E-state index >= 15 is 0 Å². The summed E-state index contributed by atoms with van der Waals surface area (Å²) in [6.07, 6.45) is 1.94. The maximum Gasteiger partial charge on any atom is 0.224 e. The van der Waals surface area contributed by atoms with Crippen molar-refractivity contribution >= 4 is 23.4 Å². The Balaban J connectivity index is 2.37. The molecule has 5 nitrogen and oxygen atoms in total. The van der Waals surface area contributed by atoms with Gasteiger partial charge in [-0.05, 0) is 18.7 Å². The van der Waals surface area contributed by atoms with Gasteiger partial charge in [-0.1, -0.05) is 42.1 Å². The zero-order chi connectivity index (χ0) is 13.4. The molecule has 0 saturated heterocycles. The van der Waals surface area contributed by atoms with Crippen molar-refractivity contribution in [2.75, 3.05) is 12.0 Å². The van der Waals surface area contributed by atoms with Gasteiger partial charge in [0.05, 0.1) is 5.69 Å². The van der Waals surface area contributed by atoms with Crippen molar-refractivity contribution in [3.63, 3.8) is 0 Å². The highest BCUT2D eigenvalue weighted by Crippen LogP contribution is 2.28. The Morgan fingerprint density at radius 2 is 1.89 bits per heavy atom. The molecule has 2 N–H and O–H groups in total. The highest BCUT2D eigenvalue weighted by atomic mass is 32.2. The first-order valence-electron chi connectivity index (χ1n) is 5.83. The van der Waals surface area contributed by atoms with Crippen LogP contribution in [0.1, 0.15) is 5.69 Å². The molecule has 0 fully saturated rings. The zero-order valence-corrected chi connectivity index (χ0v) is 11.5. The number of nitrogens with two attached hydrogens (primary N) is 1. The van der Waals surface area contributed by atoms with Gasteiger partial charge in [0.25, 0.3) is 0 Å². The number of aryl methyl sites for hydroxylation is 1. The summed E-state index contributed by atoms with van der Waals surface area (Å²) in [5.41, 5.74) is 9.54. The van der Waals surface area contributed by atoms with E-state index < -0.39 is 0 Å². The molecule has 0 aliphatic heterocycles. The highest BCUT2D eigenvalue weighted by Gasteiger charge is 2.16. The predicted molar refractivity (Wildman–Crippen MR) is 77.1 cm³/mol. The fourth-order valence-corrected chi connectivity index (χ4v) is 2.59. The minimum atomic E-state index is 0.272. The number of fused-ring (bicyclic) bond motifs is 1. The third-order valence-electron chi connectivity index (χ3n) is 2.89. The number of rotatable bonds is 2. The predicted octanol–water partition coefficient (Wildman–Crippen LogP) is 2.40. The second-order valence-corrected chi connectivity index (χ2v) is 4.90. The molecule has 0 amide bonds. The van der Waals surface area contributed by atoms with Gasteiger partial charge >= 0.3 is 0 Å². The monoisotopic (exact) mass is 271 g/mol. The van der Waals surface area contributed by atoms with Crippen molar-refractivity contribution in [2.24, 2.45) is 0 Å². The normalized spacial score (nSPS) is 11.1. The van der Waals surface area contributed by atoms with E-state index in [0.29, 0.717) is 0 Å². The quantitative estimate of drug-likeness (QED) is 0.725. The Morgan fingerprint density at radius 3 is 2.58 bits per heavy atom. The molecule has 19 heavy (non-hydrogen) atoms. The molecule has 0 unspecified atom stereocenters. The number of anilines is 1. The fraction of sp³-hybridized carbons (Fsp3) is 0.154. The van der Waals surface area contributed by atoms with Crippen molar-refractivity contribution in [2.45, 2.75) is 12.1 Å². The summed E-state index contributed by atoms with van der Waals surface area (Å²) in [5.74, 6) is 0.272. The summed E-state index contributed by atoms with van der Waals surface area (Å²) in [5, 5.41) is 5.26. The summed E-state index contributed by atoms with van der Waals surface area (Å²) in [7, 11) is 0. The number of nitrogens with zero attached hydrogens (tertiary/aromatic N) is 4. The fourth-order valence-electron chi connectivity index (χ4n) is 2.11. The average Bonchev–Trinajstić information content (AvgIpc) is 2.75. The van der Waals surface area contributed by atoms with Gasteiger partial charge in [0, 0.05) is 5.56 Å². The van der Waals surface area contributed by atoms with Crippen LogP contribution in [0.15, 0.2) is 35.5 Å². The molecule has 3 rings (SSSR count). The smallest absolute Gasteiger partial charge is 0.224 e. The summed E-state index contributed by atoms with van der Waals surface area (Å²) in [6.45, 7) is 1.97. The number of benzene rings is 1. The second-order valence-electron chi connectivity index (χ2n) is 4.13. The lowest BCUT2D eigenvalue weighted by atomic mass is 10.1. The van der Waals surface area contributed by atoms with Gasteiger partial charge < -0.3 is 5.73 Å². The van der Waals surface area contributed by atoms with Crippen LogP contribution in [0.25, 0.3) is 16.8 Å². The lowest BCUT2D eigenvalue weighted by molar-refractivity contribution is 0.769. The first-order valence-corrected chi connectivity index (χ1v) is 7.05. The van der Waals surface area contributed by atoms with E-state index in [1.165, 1.54) is 11.8 Å². The lowest BCUT2D eigenvalue weighted by Crippen LogP contribution is -2.03. The van der Waals surface area contributed by atoms with Crippen LogP contribution in [0.3, 0.4) is 0 Å². The number of thioether (sulfide) groups is 1. The van der Waals surface area contributed by atoms with Gasteiger partial charge in [-0.3, -0.25) is 0 Å². The Labute approximate surface area is 114 Å². The SMILES string of the molecule is CSc1nc(N)nc2c(-c3ccccc3)c(C)nn12. The van der Waals surface area contributed by atoms with Crippen molar-refractivity contribution in [3.8, 4) is 11.1 Å². The second kappa shape index (κ2) is 4.55. The standard InChI is InChI=1S/C13H13N5S/c1-8-10(9-6-4-3-5-7-9)11-15-12(14)16-13(19-2)18(11)17-8/h3-7H,1-2H3,(H2,14,15). The third-order valence-corrected chi connectivity index (χ3v) is 3.52. The maximum absolute atomic E-state index is 5.78. The summed E-state index contributed by atoms with van der Waals surface area (Å²) in [6, 6.07) is 10.1. The van der Waals surface area contributed by atoms with E-state index in [-0.39, 0.29) is 5.95 Å². The van der Waals surface area contributed by atoms with Gasteiger partial charge in [0.2, 0.25) is 5.95 Å². The molecule has 0 aliphatic carbocycles. The number of hydrogen-bond acceptors (Lipinski definition) is 5. The average molecular weight is 271 g/mol. The van der Waals surface area contributed by atoms with E-state index in [1.54, 1.807) is 4.52 Å². The number of hydrogen-bond donors (Lipinski definition) is 1. The Kier molecular flexibility index (Phi) is 2.87. The molecule has 0 aliphatic rings. The molecule has 0 saturated carbocycles. The van der Waals surface area contributed by atoms with Crippen molar-refractivity contribution in [3.05, 3.63) is 36.0 Å². The molecule has 3 aromatic rings. The zero-order valence-electron chi connectivity index (χ0n) is 10.7. The first-order chi connectivity index (χ1) is 9.20. The minimum Gasteiger partial charge on any atom is -0.368 e. The molecule has 96 valence electrons. The van der Waals surface area contributed by atoms with Gasteiger partial charge in [-0.2, -0.15) is 19.6 Å². The van der Waals surface area contributed by atoms with Crippen LogP contribution >= 0.6 is 11.8 Å². The summed E-state index contributed by atoms with van der Waals surface area (Å²) < 4.78 is 1.75. The van der Waals surface area contributed by atoms with Crippen LogP contribution < -0.4 is 5.73 Å². The van der Waals surface area contributed by atoms with E-state index in [0.717, 1.165) is 27.6 Å². The largest absolute Gasteiger partial charge is 0.368 e. The highest BCUT2D eigenvalue weighted by molar-refractivity contribution is 7.98. The van der Waals surface area contributed by atoms with E-state index in [9.17, 15) is 0 Å². The van der Waals surface area contributed by atoms with Crippen LogP contribution in [-0.2, 0) is 0 Å². The number of nitrogen functional groups attached to an aromatic ring is 1. The molecular weight excluding hydrogens is 258 g/mol. The van der Waals surface area contributed by atoms with Gasteiger partial charge in [-0.25, -0.2) is 0 Å². The maximum atomic E-state index is 5.78. The minimum absolute atomic E-state index is 0.272. The third kappa shape index (κ3) is 1.94. The first kappa shape index (κ1) is 12.0. The molecule has 2 aromatic heterocycles. The summed E-state index contributed by atoms with van der Waals surface area (Å²) >= 11 is 1.50. The Hall–Kier alpha value is -2.08. The molecule has 2 heterocycles. The van der Waals surface area contributed by atoms with Gasteiger partial charge in [-0.15, -0.1) is 0 Å². The van der Waals surface area contributed by atoms with Gasteiger partial charge in [0.1, 0.15) is 0 Å². The topological polar surface area (TPSA) is 69.1 Å². The van der Waals surface area contributed by atoms with E-state index in [4.69, 9.17) is 5.73 Å². The Morgan fingerprint density at radius 1 is 1.16 bits per heavy atom. The van der Waals surface area contributed by atoms with Crippen LogP contribution in [-0.4, -0.2) is 25.8 Å². The Bertz CT molecular complexity index is 736. The van der Waals surface area contributed by atoms with Crippen LogP contribution in [0.5, 0.6) is 0 Å². The molecule has 0 atom stereocenters. The molecule has 0 spiro atoms. The lowest BCUT2D eigenvalue weighted by Gasteiger charge is -2.03. The van der Waals surface area contributed by atoms with E-state index in [2.05, 4.69) is 15.1 Å². The van der Waals surface area contributed by atoms with Crippen LogP contribution in [0.2, 0.25) is 0 Å². The van der Waals surface area contributed by atoms with Gasteiger partial charge in [0.15, 0.2) is 10.8 Å². The van der Waals surface area contributed by atoms with Crippen molar-refractivity contribution < 1.29 is 0 Å².